The fourth-order valence-electron chi connectivity index (χ4n) is 3.50. The molecule has 0 aliphatic carbocycles. The van der Waals surface area contributed by atoms with Crippen LogP contribution in [0, 0.1) is 5.82 Å². The Morgan fingerprint density at radius 1 is 1.24 bits per heavy atom. The number of carbonyl (C=O) groups is 1. The van der Waals surface area contributed by atoms with Gasteiger partial charge >= 0.3 is 0 Å². The van der Waals surface area contributed by atoms with Crippen LogP contribution < -0.4 is 14.8 Å². The van der Waals surface area contributed by atoms with Crippen LogP contribution in [-0.4, -0.2) is 30.6 Å². The number of nitrogens with one attached hydrogen (secondary N) is 1. The average molecular weight is 392 g/mol. The highest BCUT2D eigenvalue weighted by Crippen LogP contribution is 2.40. The van der Waals surface area contributed by atoms with E-state index in [0.717, 1.165) is 16.7 Å². The molecule has 3 aromatic rings. The van der Waals surface area contributed by atoms with E-state index in [1.165, 1.54) is 6.07 Å². The molecule has 0 saturated carbocycles. The summed E-state index contributed by atoms with van der Waals surface area (Å²) in [6.45, 7) is 0.312. The van der Waals surface area contributed by atoms with Crippen molar-refractivity contribution in [1.29, 1.82) is 0 Å². The summed E-state index contributed by atoms with van der Waals surface area (Å²) < 4.78 is 25.5. The maximum absolute atomic E-state index is 14.3. The lowest BCUT2D eigenvalue weighted by molar-refractivity contribution is -0.120. The second-order valence-electron chi connectivity index (χ2n) is 6.91. The molecule has 0 bridgehead atoms. The fraction of sp³-hybridized carbons (Fsp3) is 0.217. The number of hydrogen-bond donors (Lipinski definition) is 1. The number of amides is 1. The highest BCUT2D eigenvalue weighted by molar-refractivity contribution is 5.78. The molecular formula is C23H21FN2O3. The normalized spacial score (nSPS) is 14.8. The third kappa shape index (κ3) is 4.21. The Bertz CT molecular complexity index is 1020. The lowest BCUT2D eigenvalue weighted by Gasteiger charge is -2.14. The second-order valence-corrected chi connectivity index (χ2v) is 6.91. The molecule has 2 heterocycles. The summed E-state index contributed by atoms with van der Waals surface area (Å²) in [5, 5.41) is 2.89. The van der Waals surface area contributed by atoms with Gasteiger partial charge in [0.05, 0.1) is 20.1 Å². The fourth-order valence-corrected chi connectivity index (χ4v) is 3.50. The lowest BCUT2D eigenvalue weighted by Crippen LogP contribution is -2.35. The van der Waals surface area contributed by atoms with E-state index in [2.05, 4.69) is 10.3 Å². The van der Waals surface area contributed by atoms with Crippen molar-refractivity contribution in [3.8, 4) is 22.6 Å². The van der Waals surface area contributed by atoms with Crippen LogP contribution in [0.3, 0.4) is 0 Å². The highest BCUT2D eigenvalue weighted by Gasteiger charge is 2.29. The molecule has 29 heavy (non-hydrogen) atoms. The summed E-state index contributed by atoms with van der Waals surface area (Å²) >= 11 is 0. The van der Waals surface area contributed by atoms with E-state index in [0.29, 0.717) is 30.0 Å². The van der Waals surface area contributed by atoms with Crippen molar-refractivity contribution in [3.63, 3.8) is 0 Å². The molecule has 2 aromatic carbocycles. The number of nitrogens with zero attached hydrogens (tertiary/aromatic N) is 1. The number of fused-ring (bicyclic) bond motifs is 1. The number of pyridine rings is 1. The van der Waals surface area contributed by atoms with E-state index >= 15 is 0 Å². The highest BCUT2D eigenvalue weighted by atomic mass is 19.1. The van der Waals surface area contributed by atoms with E-state index in [9.17, 15) is 9.18 Å². The molecule has 1 N–H and O–H groups in total. The molecule has 1 aliphatic rings. The van der Waals surface area contributed by atoms with Crippen LogP contribution in [0.1, 0.15) is 11.1 Å². The second kappa shape index (κ2) is 8.31. The standard InChI is InChI=1S/C23H21FN2O3/c1-28-17-4-2-3-15(11-17)12-22(27)26-14-18-13-20-21(24)6-5-19(23(20)29-18)16-7-9-25-10-8-16/h2-11,18H,12-14H2,1H3,(H,26,27). The van der Waals surface area contributed by atoms with Crippen molar-refractivity contribution in [2.45, 2.75) is 18.9 Å². The number of rotatable bonds is 6. The predicted octanol–water partition coefficient (Wildman–Crippen LogP) is 3.56. The van der Waals surface area contributed by atoms with Gasteiger partial charge < -0.3 is 14.8 Å². The third-order valence-electron chi connectivity index (χ3n) is 4.94. The smallest absolute Gasteiger partial charge is 0.224 e. The molecule has 1 aromatic heterocycles. The molecule has 148 valence electrons. The summed E-state index contributed by atoms with van der Waals surface area (Å²) in [7, 11) is 1.59. The number of benzene rings is 2. The number of aromatic nitrogens is 1. The molecule has 5 nitrogen and oxygen atoms in total. The van der Waals surface area contributed by atoms with Crippen molar-refractivity contribution in [1.82, 2.24) is 10.3 Å². The number of carbonyl (C=O) groups excluding carboxylic acids is 1. The number of hydrogen-bond acceptors (Lipinski definition) is 4. The summed E-state index contributed by atoms with van der Waals surface area (Å²) in [5.41, 5.74) is 3.16. The van der Waals surface area contributed by atoms with Crippen LogP contribution in [0.2, 0.25) is 0 Å². The predicted molar refractivity (Wildman–Crippen MR) is 107 cm³/mol. The van der Waals surface area contributed by atoms with Crippen LogP contribution in [0.15, 0.2) is 60.9 Å². The summed E-state index contributed by atoms with van der Waals surface area (Å²) in [6.07, 6.45) is 3.73. The van der Waals surface area contributed by atoms with E-state index in [1.807, 2.05) is 36.4 Å². The molecule has 0 fully saturated rings. The van der Waals surface area contributed by atoms with Crippen LogP contribution >= 0.6 is 0 Å². The van der Waals surface area contributed by atoms with Crippen LogP contribution in [-0.2, 0) is 17.6 Å². The van der Waals surface area contributed by atoms with Gasteiger partial charge in [-0.05, 0) is 47.5 Å². The maximum atomic E-state index is 14.3. The largest absolute Gasteiger partial charge is 0.497 e. The number of methoxy groups -OCH3 is 1. The number of ether oxygens (including phenoxy) is 2. The SMILES string of the molecule is COc1cccc(CC(=O)NCC2Cc3c(F)ccc(-c4ccncc4)c3O2)c1. The van der Waals surface area contributed by atoms with Gasteiger partial charge in [0.25, 0.3) is 0 Å². The van der Waals surface area contributed by atoms with Gasteiger partial charge in [-0.15, -0.1) is 0 Å². The zero-order valence-electron chi connectivity index (χ0n) is 16.0. The van der Waals surface area contributed by atoms with Gasteiger partial charge in [0.2, 0.25) is 5.91 Å². The van der Waals surface area contributed by atoms with Gasteiger partial charge in [-0.2, -0.15) is 0 Å². The van der Waals surface area contributed by atoms with E-state index in [4.69, 9.17) is 9.47 Å². The van der Waals surface area contributed by atoms with Crippen molar-refractivity contribution in [2.24, 2.45) is 0 Å². The molecule has 4 rings (SSSR count). The topological polar surface area (TPSA) is 60.5 Å². The Balaban J connectivity index is 1.41. The van der Waals surface area contributed by atoms with Gasteiger partial charge in [-0.25, -0.2) is 4.39 Å². The minimum absolute atomic E-state index is 0.118. The minimum atomic E-state index is -0.309. The van der Waals surface area contributed by atoms with Crippen molar-refractivity contribution < 1.29 is 18.7 Å². The Morgan fingerprint density at radius 3 is 2.86 bits per heavy atom. The molecular weight excluding hydrogens is 371 g/mol. The third-order valence-corrected chi connectivity index (χ3v) is 4.94. The van der Waals surface area contributed by atoms with E-state index in [1.54, 1.807) is 25.6 Å². The van der Waals surface area contributed by atoms with Gasteiger partial charge in [-0.1, -0.05) is 12.1 Å². The Labute approximate surface area is 168 Å². The van der Waals surface area contributed by atoms with Gasteiger partial charge in [0.15, 0.2) is 0 Å². The lowest BCUT2D eigenvalue weighted by atomic mass is 10.0. The molecule has 0 radical (unpaired) electrons. The first-order valence-corrected chi connectivity index (χ1v) is 9.42. The molecule has 1 atom stereocenters. The zero-order chi connectivity index (χ0) is 20.2. The first kappa shape index (κ1) is 18.9. The molecule has 1 aliphatic heterocycles. The van der Waals surface area contributed by atoms with E-state index in [-0.39, 0.29) is 24.2 Å². The average Bonchev–Trinajstić information content (AvgIpc) is 3.18. The van der Waals surface area contributed by atoms with Gasteiger partial charge in [-0.3, -0.25) is 9.78 Å². The first-order valence-electron chi connectivity index (χ1n) is 9.42. The zero-order valence-corrected chi connectivity index (χ0v) is 16.0. The molecule has 6 heteroatoms. The van der Waals surface area contributed by atoms with Gasteiger partial charge in [0, 0.05) is 29.9 Å². The Morgan fingerprint density at radius 2 is 2.07 bits per heavy atom. The first-order chi connectivity index (χ1) is 14.1. The molecule has 0 saturated heterocycles. The quantitative estimate of drug-likeness (QED) is 0.697. The molecule has 0 spiro atoms. The number of halogens is 1. The van der Waals surface area contributed by atoms with Crippen LogP contribution in [0.25, 0.3) is 11.1 Å². The summed E-state index contributed by atoms with van der Waals surface area (Å²) in [4.78, 5) is 16.3. The Kier molecular flexibility index (Phi) is 5.42. The molecule has 1 unspecified atom stereocenters. The van der Waals surface area contributed by atoms with Crippen molar-refractivity contribution in [2.75, 3.05) is 13.7 Å². The minimum Gasteiger partial charge on any atom is -0.497 e. The van der Waals surface area contributed by atoms with Crippen LogP contribution in [0.5, 0.6) is 11.5 Å². The summed E-state index contributed by atoms with van der Waals surface area (Å²) in [6, 6.07) is 14.3. The summed E-state index contributed by atoms with van der Waals surface area (Å²) in [5.74, 6) is 0.850. The Hall–Kier alpha value is -3.41. The monoisotopic (exact) mass is 392 g/mol. The van der Waals surface area contributed by atoms with Crippen LogP contribution in [0.4, 0.5) is 4.39 Å². The van der Waals surface area contributed by atoms with Crippen molar-refractivity contribution >= 4 is 5.91 Å². The van der Waals surface area contributed by atoms with Crippen molar-refractivity contribution in [3.05, 3.63) is 77.9 Å². The maximum Gasteiger partial charge on any atom is 0.224 e. The van der Waals surface area contributed by atoms with E-state index < -0.39 is 0 Å². The van der Waals surface area contributed by atoms with Gasteiger partial charge in [0.1, 0.15) is 23.4 Å². The molecule has 1 amide bonds.